The Balaban J connectivity index is 2.57. The molecule has 0 aliphatic carbocycles. The van der Waals surface area contributed by atoms with Crippen molar-refractivity contribution in [3.8, 4) is 0 Å². The smallest absolute Gasteiger partial charge is 0.265 e. The van der Waals surface area contributed by atoms with Crippen molar-refractivity contribution in [1.29, 1.82) is 0 Å². The molecule has 0 fully saturated rings. The molecule has 1 amide bonds. The predicted molar refractivity (Wildman–Crippen MR) is 85.3 cm³/mol. The number of nitrogens with zero attached hydrogens (tertiary/aromatic N) is 2. The van der Waals surface area contributed by atoms with Crippen LogP contribution in [0.2, 0.25) is 0 Å². The number of nitrogens with two attached hydrogens (primary N) is 1. The second-order valence-electron chi connectivity index (χ2n) is 5.17. The number of nitrogens with one attached hydrogen (secondary N) is 1. The number of carbonyl (C=O) groups excluding carboxylic acids is 1. The summed E-state index contributed by atoms with van der Waals surface area (Å²) in [6.45, 7) is 2.97. The standard InChI is InChI=1S/C14H23BrN4O/c1-18(2)7-4-8-19(3)10-12-6-5-11(9-13(12)15)14(20)17-16/h5-6,9H,4,7-8,10,16H2,1-3H3,(H,17,20). The first-order valence-corrected chi connectivity index (χ1v) is 7.36. The minimum absolute atomic E-state index is 0.281. The van der Waals surface area contributed by atoms with Gasteiger partial charge in [-0.15, -0.1) is 0 Å². The number of nitrogen functional groups attached to an aromatic ring is 1. The van der Waals surface area contributed by atoms with E-state index in [1.807, 2.05) is 6.07 Å². The fourth-order valence-corrected chi connectivity index (χ4v) is 2.43. The van der Waals surface area contributed by atoms with Crippen LogP contribution in [0.15, 0.2) is 22.7 Å². The van der Waals surface area contributed by atoms with E-state index in [9.17, 15) is 4.79 Å². The molecule has 0 spiro atoms. The SMILES string of the molecule is CN(C)CCCN(C)Cc1ccc(C(=O)NN)cc1Br. The minimum atomic E-state index is -0.281. The number of amides is 1. The first-order chi connectivity index (χ1) is 9.43. The van der Waals surface area contributed by atoms with Crippen LogP contribution in [0.3, 0.4) is 0 Å². The fourth-order valence-electron chi connectivity index (χ4n) is 1.93. The van der Waals surface area contributed by atoms with Gasteiger partial charge in [-0.1, -0.05) is 22.0 Å². The summed E-state index contributed by atoms with van der Waals surface area (Å²) in [5.74, 6) is 4.84. The van der Waals surface area contributed by atoms with Crippen LogP contribution >= 0.6 is 15.9 Å². The third kappa shape index (κ3) is 5.58. The number of rotatable bonds is 7. The van der Waals surface area contributed by atoms with E-state index < -0.39 is 0 Å². The molecule has 0 bridgehead atoms. The monoisotopic (exact) mass is 342 g/mol. The van der Waals surface area contributed by atoms with Gasteiger partial charge < -0.3 is 9.80 Å². The number of hydrogen-bond acceptors (Lipinski definition) is 4. The van der Waals surface area contributed by atoms with Crippen molar-refractivity contribution in [2.75, 3.05) is 34.2 Å². The van der Waals surface area contributed by atoms with Gasteiger partial charge in [0.2, 0.25) is 0 Å². The first-order valence-electron chi connectivity index (χ1n) is 6.56. The maximum atomic E-state index is 11.4. The van der Waals surface area contributed by atoms with Gasteiger partial charge in [-0.3, -0.25) is 10.2 Å². The maximum absolute atomic E-state index is 11.4. The zero-order valence-electron chi connectivity index (χ0n) is 12.3. The van der Waals surface area contributed by atoms with Crippen LogP contribution < -0.4 is 11.3 Å². The molecule has 112 valence electrons. The number of hydrazine groups is 1. The van der Waals surface area contributed by atoms with Crippen LogP contribution in [0.1, 0.15) is 22.3 Å². The molecule has 1 aromatic rings. The second kappa shape index (κ2) is 8.36. The van der Waals surface area contributed by atoms with Crippen molar-refractivity contribution in [1.82, 2.24) is 15.2 Å². The highest BCUT2D eigenvalue weighted by Gasteiger charge is 2.09. The van der Waals surface area contributed by atoms with Crippen LogP contribution in [0.25, 0.3) is 0 Å². The van der Waals surface area contributed by atoms with E-state index in [0.29, 0.717) is 5.56 Å². The van der Waals surface area contributed by atoms with Gasteiger partial charge in [-0.2, -0.15) is 0 Å². The molecule has 0 unspecified atom stereocenters. The summed E-state index contributed by atoms with van der Waals surface area (Å²) in [5, 5.41) is 0. The average molecular weight is 343 g/mol. The third-order valence-corrected chi connectivity index (χ3v) is 3.77. The predicted octanol–water partition coefficient (Wildman–Crippen LogP) is 1.44. The molecule has 0 aliphatic rings. The van der Waals surface area contributed by atoms with Crippen LogP contribution in [0, 0.1) is 0 Å². The fraction of sp³-hybridized carbons (Fsp3) is 0.500. The Morgan fingerprint density at radius 3 is 2.55 bits per heavy atom. The van der Waals surface area contributed by atoms with Crippen LogP contribution in [-0.2, 0) is 6.54 Å². The molecular formula is C14H23BrN4O. The Hall–Kier alpha value is -0.950. The Bertz CT molecular complexity index is 451. The van der Waals surface area contributed by atoms with Gasteiger partial charge >= 0.3 is 0 Å². The molecule has 5 nitrogen and oxygen atoms in total. The van der Waals surface area contributed by atoms with E-state index in [4.69, 9.17) is 5.84 Å². The topological polar surface area (TPSA) is 61.6 Å². The summed E-state index contributed by atoms with van der Waals surface area (Å²) < 4.78 is 0.929. The van der Waals surface area contributed by atoms with E-state index in [1.54, 1.807) is 12.1 Å². The molecule has 1 rings (SSSR count). The Labute approximate surface area is 129 Å². The van der Waals surface area contributed by atoms with Crippen molar-refractivity contribution in [3.63, 3.8) is 0 Å². The van der Waals surface area contributed by atoms with Crippen LogP contribution in [0.4, 0.5) is 0 Å². The molecule has 3 N–H and O–H groups in total. The third-order valence-electron chi connectivity index (χ3n) is 3.03. The Kier molecular flexibility index (Phi) is 7.15. The van der Waals surface area contributed by atoms with Gasteiger partial charge in [0.1, 0.15) is 0 Å². The zero-order valence-corrected chi connectivity index (χ0v) is 13.9. The van der Waals surface area contributed by atoms with E-state index in [2.05, 4.69) is 52.3 Å². The summed E-state index contributed by atoms with van der Waals surface area (Å²) in [4.78, 5) is 15.9. The molecule has 0 saturated carbocycles. The molecule has 1 aromatic carbocycles. The number of benzene rings is 1. The average Bonchev–Trinajstić information content (AvgIpc) is 2.39. The van der Waals surface area contributed by atoms with Gasteiger partial charge in [0.15, 0.2) is 0 Å². The van der Waals surface area contributed by atoms with Crippen LogP contribution in [0.5, 0.6) is 0 Å². The van der Waals surface area contributed by atoms with Gasteiger partial charge in [0.25, 0.3) is 5.91 Å². The minimum Gasteiger partial charge on any atom is -0.309 e. The summed E-state index contributed by atoms with van der Waals surface area (Å²) in [7, 11) is 6.26. The van der Waals surface area contributed by atoms with Gasteiger partial charge in [-0.05, 0) is 58.3 Å². The zero-order chi connectivity index (χ0) is 15.1. The molecule has 0 atom stereocenters. The summed E-state index contributed by atoms with van der Waals surface area (Å²) in [5.41, 5.74) is 3.84. The number of carbonyl (C=O) groups is 1. The van der Waals surface area contributed by atoms with E-state index in [1.165, 1.54) is 0 Å². The van der Waals surface area contributed by atoms with E-state index in [-0.39, 0.29) is 5.91 Å². The first kappa shape index (κ1) is 17.1. The maximum Gasteiger partial charge on any atom is 0.265 e. The van der Waals surface area contributed by atoms with Crippen molar-refractivity contribution >= 4 is 21.8 Å². The van der Waals surface area contributed by atoms with E-state index >= 15 is 0 Å². The summed E-state index contributed by atoms with van der Waals surface area (Å²) in [6, 6.07) is 5.54. The van der Waals surface area contributed by atoms with Crippen molar-refractivity contribution in [3.05, 3.63) is 33.8 Å². The van der Waals surface area contributed by atoms with Gasteiger partial charge in [0.05, 0.1) is 0 Å². The van der Waals surface area contributed by atoms with Gasteiger partial charge in [-0.25, -0.2) is 5.84 Å². The Morgan fingerprint density at radius 1 is 1.30 bits per heavy atom. The molecule has 0 aromatic heterocycles. The molecule has 0 heterocycles. The van der Waals surface area contributed by atoms with Crippen molar-refractivity contribution in [2.45, 2.75) is 13.0 Å². The van der Waals surface area contributed by atoms with Crippen LogP contribution in [-0.4, -0.2) is 49.9 Å². The quantitative estimate of drug-likeness (QED) is 0.447. The molecule has 20 heavy (non-hydrogen) atoms. The van der Waals surface area contributed by atoms with E-state index in [0.717, 1.165) is 36.1 Å². The Morgan fingerprint density at radius 2 is 2.00 bits per heavy atom. The highest BCUT2D eigenvalue weighted by Crippen LogP contribution is 2.20. The highest BCUT2D eigenvalue weighted by atomic mass is 79.9. The van der Waals surface area contributed by atoms with Gasteiger partial charge in [0, 0.05) is 16.6 Å². The summed E-state index contributed by atoms with van der Waals surface area (Å²) >= 11 is 3.51. The lowest BCUT2D eigenvalue weighted by molar-refractivity contribution is 0.0953. The molecular weight excluding hydrogens is 320 g/mol. The van der Waals surface area contributed by atoms with Crippen molar-refractivity contribution < 1.29 is 4.79 Å². The molecule has 6 heteroatoms. The highest BCUT2D eigenvalue weighted by molar-refractivity contribution is 9.10. The largest absolute Gasteiger partial charge is 0.309 e. The lowest BCUT2D eigenvalue weighted by Crippen LogP contribution is -2.30. The lowest BCUT2D eigenvalue weighted by Gasteiger charge is -2.19. The summed E-state index contributed by atoms with van der Waals surface area (Å²) in [6.07, 6.45) is 1.13. The molecule has 0 saturated heterocycles. The normalized spacial score (nSPS) is 11.2. The number of halogens is 1. The second-order valence-corrected chi connectivity index (χ2v) is 6.03. The number of hydrogen-bond donors (Lipinski definition) is 2. The lowest BCUT2D eigenvalue weighted by atomic mass is 10.1. The molecule has 0 aliphatic heterocycles. The molecule has 0 radical (unpaired) electrons. The van der Waals surface area contributed by atoms with Crippen molar-refractivity contribution in [2.24, 2.45) is 5.84 Å².